The number of hydrogen-bond donors (Lipinski definition) is 1. The van der Waals surface area contributed by atoms with Crippen molar-refractivity contribution in [1.82, 2.24) is 15.3 Å². The number of nitrogens with one attached hydrogen (secondary N) is 1. The van der Waals surface area contributed by atoms with Gasteiger partial charge in [-0.3, -0.25) is 0 Å². The van der Waals surface area contributed by atoms with Crippen LogP contribution < -0.4 is 10.1 Å². The lowest BCUT2D eigenvalue weighted by Gasteiger charge is -2.12. The van der Waals surface area contributed by atoms with Gasteiger partial charge in [0.1, 0.15) is 5.84 Å². The molecule has 0 aliphatic carbocycles. The summed E-state index contributed by atoms with van der Waals surface area (Å²) in [5.41, 5.74) is 5.22. The summed E-state index contributed by atoms with van der Waals surface area (Å²) in [5.74, 6) is 2.13. The molecule has 1 N–H and O–H groups in total. The number of rotatable bonds is 6. The number of aryl methyl sites for hydroxylation is 1. The standard InChI is InChI=1S/C24H26N4O.C2H6.C2H2/c1-5-22(27-18(4)28-23-9-7-8-17(3)26-23)20-12-10-19(11-13-20)21-14-15-25-24(16-21)29-6-2;2*1-2/h5,7-16H,6H2,1-4H3,(H,26,27,28);1-2H3;1-2H/b22-5-;;. The first-order chi connectivity index (χ1) is 16.1. The SMILES string of the molecule is C#C.C/C=C(\N/C(C)=N/c1cccc(C)n1)c1ccc(-c2ccnc(OCC)c2)cc1.CC. The van der Waals surface area contributed by atoms with Gasteiger partial charge in [-0.05, 0) is 62.6 Å². The Hall–Kier alpha value is -3.91. The zero-order valence-electron chi connectivity index (χ0n) is 20.5. The first-order valence-electron chi connectivity index (χ1n) is 11.0. The Morgan fingerprint density at radius 1 is 1.06 bits per heavy atom. The van der Waals surface area contributed by atoms with Gasteiger partial charge in [0.25, 0.3) is 0 Å². The molecular formula is C28H34N4O. The fraction of sp³-hybridized carbons (Fsp3) is 0.250. The molecule has 0 saturated carbocycles. The van der Waals surface area contributed by atoms with Crippen molar-refractivity contribution >= 4 is 17.4 Å². The van der Waals surface area contributed by atoms with Gasteiger partial charge in [-0.2, -0.15) is 0 Å². The van der Waals surface area contributed by atoms with Crippen molar-refractivity contribution in [2.45, 2.75) is 41.5 Å². The molecule has 1 aromatic carbocycles. The molecule has 0 fully saturated rings. The van der Waals surface area contributed by atoms with Crippen LogP contribution in [0.4, 0.5) is 5.82 Å². The van der Waals surface area contributed by atoms with Crippen molar-refractivity contribution in [2.24, 2.45) is 4.99 Å². The van der Waals surface area contributed by atoms with E-state index < -0.39 is 0 Å². The summed E-state index contributed by atoms with van der Waals surface area (Å²) < 4.78 is 5.50. The molecule has 3 rings (SSSR count). The maximum atomic E-state index is 5.50. The van der Waals surface area contributed by atoms with Crippen LogP contribution in [-0.2, 0) is 0 Å². The van der Waals surface area contributed by atoms with E-state index in [2.05, 4.69) is 57.4 Å². The van der Waals surface area contributed by atoms with Crippen LogP contribution in [0.5, 0.6) is 5.88 Å². The molecule has 0 aliphatic rings. The van der Waals surface area contributed by atoms with E-state index in [1.165, 1.54) is 0 Å². The minimum absolute atomic E-state index is 0.602. The average Bonchev–Trinajstić information content (AvgIpc) is 2.85. The maximum absolute atomic E-state index is 5.50. The zero-order chi connectivity index (χ0) is 24.6. The van der Waals surface area contributed by atoms with Gasteiger partial charge in [0.15, 0.2) is 5.82 Å². The number of terminal acetylenes is 1. The van der Waals surface area contributed by atoms with E-state index in [1.807, 2.05) is 78.0 Å². The molecular weight excluding hydrogens is 408 g/mol. The maximum Gasteiger partial charge on any atom is 0.213 e. The first kappa shape index (κ1) is 27.1. The zero-order valence-corrected chi connectivity index (χ0v) is 20.5. The molecule has 5 nitrogen and oxygen atoms in total. The van der Waals surface area contributed by atoms with Crippen LogP contribution in [0.25, 0.3) is 16.8 Å². The number of pyridine rings is 2. The number of benzene rings is 1. The van der Waals surface area contributed by atoms with E-state index in [0.717, 1.165) is 33.9 Å². The fourth-order valence-electron chi connectivity index (χ4n) is 2.95. The van der Waals surface area contributed by atoms with Crippen molar-refractivity contribution < 1.29 is 4.74 Å². The van der Waals surface area contributed by atoms with Gasteiger partial charge in [0.2, 0.25) is 5.88 Å². The van der Waals surface area contributed by atoms with Gasteiger partial charge in [-0.25, -0.2) is 15.0 Å². The molecule has 5 heteroatoms. The van der Waals surface area contributed by atoms with Crippen molar-refractivity contribution in [1.29, 1.82) is 0 Å². The van der Waals surface area contributed by atoms with Crippen molar-refractivity contribution in [3.63, 3.8) is 0 Å². The molecule has 0 atom stereocenters. The highest BCUT2D eigenvalue weighted by atomic mass is 16.5. The highest BCUT2D eigenvalue weighted by Gasteiger charge is 2.05. The predicted molar refractivity (Wildman–Crippen MR) is 141 cm³/mol. The van der Waals surface area contributed by atoms with Crippen LogP contribution >= 0.6 is 0 Å². The van der Waals surface area contributed by atoms with Crippen molar-refractivity contribution in [2.75, 3.05) is 6.61 Å². The molecule has 3 aromatic rings. The van der Waals surface area contributed by atoms with Crippen LogP contribution in [0.1, 0.15) is 45.9 Å². The topological polar surface area (TPSA) is 59.4 Å². The molecule has 0 unspecified atom stereocenters. The molecule has 2 heterocycles. The molecule has 0 spiro atoms. The second-order valence-corrected chi connectivity index (χ2v) is 6.55. The lowest BCUT2D eigenvalue weighted by Crippen LogP contribution is -2.18. The summed E-state index contributed by atoms with van der Waals surface area (Å²) in [6, 6.07) is 18.1. The van der Waals surface area contributed by atoms with Gasteiger partial charge in [-0.15, -0.1) is 12.8 Å². The third kappa shape index (κ3) is 8.62. The Balaban J connectivity index is 0.00000129. The second-order valence-electron chi connectivity index (χ2n) is 6.55. The number of amidine groups is 1. The monoisotopic (exact) mass is 442 g/mol. The van der Waals surface area contributed by atoms with Crippen LogP contribution in [0.2, 0.25) is 0 Å². The number of aromatic nitrogens is 2. The van der Waals surface area contributed by atoms with Crippen LogP contribution in [0.3, 0.4) is 0 Å². The minimum atomic E-state index is 0.602. The Kier molecular flexibility index (Phi) is 12.3. The lowest BCUT2D eigenvalue weighted by atomic mass is 10.0. The third-order valence-electron chi connectivity index (χ3n) is 4.32. The van der Waals surface area contributed by atoms with Gasteiger partial charge in [0, 0.05) is 23.7 Å². The van der Waals surface area contributed by atoms with E-state index in [-0.39, 0.29) is 0 Å². The van der Waals surface area contributed by atoms with Gasteiger partial charge in [0.05, 0.1) is 6.61 Å². The third-order valence-corrected chi connectivity index (χ3v) is 4.32. The highest BCUT2D eigenvalue weighted by Crippen LogP contribution is 2.24. The van der Waals surface area contributed by atoms with Crippen LogP contribution in [0.15, 0.2) is 71.9 Å². The minimum Gasteiger partial charge on any atom is -0.478 e. The molecule has 0 bridgehead atoms. The Morgan fingerprint density at radius 2 is 1.76 bits per heavy atom. The van der Waals surface area contributed by atoms with Gasteiger partial charge >= 0.3 is 0 Å². The van der Waals surface area contributed by atoms with Crippen LogP contribution in [-0.4, -0.2) is 22.4 Å². The van der Waals surface area contributed by atoms with E-state index in [9.17, 15) is 0 Å². The van der Waals surface area contributed by atoms with Gasteiger partial charge < -0.3 is 10.1 Å². The molecule has 0 aliphatic heterocycles. The highest BCUT2D eigenvalue weighted by molar-refractivity contribution is 5.90. The molecule has 0 radical (unpaired) electrons. The molecule has 0 amide bonds. The molecule has 2 aromatic heterocycles. The van der Waals surface area contributed by atoms with E-state index in [4.69, 9.17) is 4.74 Å². The normalized spacial score (nSPS) is 10.8. The largest absolute Gasteiger partial charge is 0.478 e. The summed E-state index contributed by atoms with van der Waals surface area (Å²) in [7, 11) is 0. The summed E-state index contributed by atoms with van der Waals surface area (Å²) in [6.07, 6.45) is 11.8. The Bertz CT molecular complexity index is 1070. The fourth-order valence-corrected chi connectivity index (χ4v) is 2.95. The number of ether oxygens (including phenoxy) is 1. The van der Waals surface area contributed by atoms with E-state index >= 15 is 0 Å². The average molecular weight is 443 g/mol. The van der Waals surface area contributed by atoms with Gasteiger partial charge in [-0.1, -0.05) is 50.3 Å². The summed E-state index contributed by atoms with van der Waals surface area (Å²) in [6.45, 7) is 12.5. The quantitative estimate of drug-likeness (QED) is 0.258. The summed E-state index contributed by atoms with van der Waals surface area (Å²) in [5, 5.41) is 3.38. The van der Waals surface area contributed by atoms with Crippen molar-refractivity contribution in [3.05, 3.63) is 78.1 Å². The number of nitrogens with zero attached hydrogens (tertiary/aromatic N) is 3. The number of allylic oxidation sites excluding steroid dienone is 1. The van der Waals surface area contributed by atoms with E-state index in [1.54, 1.807) is 6.20 Å². The Labute approximate surface area is 198 Å². The van der Waals surface area contributed by atoms with Crippen LogP contribution in [0, 0.1) is 19.8 Å². The second kappa shape index (κ2) is 15.0. The first-order valence-corrected chi connectivity index (χ1v) is 11.0. The molecule has 172 valence electrons. The van der Waals surface area contributed by atoms with Crippen molar-refractivity contribution in [3.8, 4) is 29.9 Å². The van der Waals surface area contributed by atoms with E-state index in [0.29, 0.717) is 18.3 Å². The smallest absolute Gasteiger partial charge is 0.213 e. The molecule has 0 saturated heterocycles. The predicted octanol–water partition coefficient (Wildman–Crippen LogP) is 6.83. The lowest BCUT2D eigenvalue weighted by molar-refractivity contribution is 0.327. The summed E-state index contributed by atoms with van der Waals surface area (Å²) in [4.78, 5) is 13.2. The summed E-state index contributed by atoms with van der Waals surface area (Å²) >= 11 is 0. The number of hydrogen-bond acceptors (Lipinski definition) is 4. The molecule has 33 heavy (non-hydrogen) atoms. The number of aliphatic imine (C=N–C) groups is 1. The Morgan fingerprint density at radius 3 is 2.36 bits per heavy atom.